The Morgan fingerprint density at radius 3 is 2.16 bits per heavy atom. The van der Waals surface area contributed by atoms with Gasteiger partial charge in [0.25, 0.3) is 0 Å². The third-order valence-corrected chi connectivity index (χ3v) is 3.79. The van der Waals surface area contributed by atoms with Gasteiger partial charge in [-0.2, -0.15) is 0 Å². The summed E-state index contributed by atoms with van der Waals surface area (Å²) < 4.78 is 0. The van der Waals surface area contributed by atoms with E-state index in [4.69, 9.17) is 5.73 Å². The summed E-state index contributed by atoms with van der Waals surface area (Å²) >= 11 is 0. The minimum Gasteiger partial charge on any atom is -0.480 e. The zero-order chi connectivity index (χ0) is 14.5. The monoisotopic (exact) mass is 270 g/mol. The Morgan fingerprint density at radius 1 is 1.21 bits per heavy atom. The lowest BCUT2D eigenvalue weighted by Crippen LogP contribution is -2.58. The zero-order valence-corrected chi connectivity index (χ0v) is 11.9. The van der Waals surface area contributed by atoms with Gasteiger partial charge in [0.05, 0.1) is 6.04 Å². The Hall–Kier alpha value is -1.10. The molecule has 1 rings (SSSR count). The van der Waals surface area contributed by atoms with Gasteiger partial charge < -0.3 is 16.2 Å². The Labute approximate surface area is 114 Å². The molecule has 110 valence electrons. The molecule has 0 bridgehead atoms. The SMILES string of the molecule is CC(C)C[C@@H](N)C(=O)NC1(C(=O)O)CCCCCC1. The standard InChI is InChI=1S/C14H26N2O3/c1-10(2)9-11(15)12(17)16-14(13(18)19)7-5-3-4-6-8-14/h10-11H,3-9,15H2,1-2H3,(H,16,17)(H,18,19)/t11-/m1/s1. The van der Waals surface area contributed by atoms with Crippen LogP contribution in [0, 0.1) is 5.92 Å². The molecule has 0 aliphatic heterocycles. The first-order valence-corrected chi connectivity index (χ1v) is 7.18. The van der Waals surface area contributed by atoms with E-state index in [2.05, 4.69) is 5.32 Å². The van der Waals surface area contributed by atoms with E-state index in [-0.39, 0.29) is 5.91 Å². The Balaban J connectivity index is 2.72. The Kier molecular flexibility index (Phi) is 5.79. The third-order valence-electron chi connectivity index (χ3n) is 3.79. The molecule has 4 N–H and O–H groups in total. The summed E-state index contributed by atoms with van der Waals surface area (Å²) in [6.07, 6.45) is 5.32. The molecule has 0 unspecified atom stereocenters. The highest BCUT2D eigenvalue weighted by Crippen LogP contribution is 2.27. The fraction of sp³-hybridized carbons (Fsp3) is 0.857. The van der Waals surface area contributed by atoms with Gasteiger partial charge in [-0.05, 0) is 25.2 Å². The van der Waals surface area contributed by atoms with Crippen molar-refractivity contribution in [3.05, 3.63) is 0 Å². The summed E-state index contributed by atoms with van der Waals surface area (Å²) in [7, 11) is 0. The summed E-state index contributed by atoms with van der Waals surface area (Å²) in [5, 5.41) is 12.2. The number of hydrogen-bond acceptors (Lipinski definition) is 3. The molecule has 1 atom stereocenters. The summed E-state index contributed by atoms with van der Waals surface area (Å²) in [5.74, 6) is -0.951. The first kappa shape index (κ1) is 16.0. The van der Waals surface area contributed by atoms with E-state index in [1.54, 1.807) is 0 Å². The van der Waals surface area contributed by atoms with Crippen molar-refractivity contribution in [1.82, 2.24) is 5.32 Å². The average molecular weight is 270 g/mol. The lowest BCUT2D eigenvalue weighted by atomic mass is 9.89. The summed E-state index contributed by atoms with van der Waals surface area (Å²) in [5.41, 5.74) is 4.72. The molecule has 5 heteroatoms. The molecule has 5 nitrogen and oxygen atoms in total. The van der Waals surface area contributed by atoms with Gasteiger partial charge in [0.1, 0.15) is 5.54 Å². The maximum absolute atomic E-state index is 12.1. The lowest BCUT2D eigenvalue weighted by Gasteiger charge is -2.30. The van der Waals surface area contributed by atoms with Crippen molar-refractivity contribution >= 4 is 11.9 Å². The molecule has 0 aromatic heterocycles. The molecule has 1 aliphatic rings. The lowest BCUT2D eigenvalue weighted by molar-refractivity contribution is -0.148. The number of aliphatic carboxylic acids is 1. The van der Waals surface area contributed by atoms with Crippen molar-refractivity contribution in [3.63, 3.8) is 0 Å². The number of carboxylic acid groups (broad SMARTS) is 1. The van der Waals surface area contributed by atoms with Crippen LogP contribution in [0.4, 0.5) is 0 Å². The van der Waals surface area contributed by atoms with Gasteiger partial charge in [-0.1, -0.05) is 39.5 Å². The van der Waals surface area contributed by atoms with Gasteiger partial charge in [0.2, 0.25) is 5.91 Å². The van der Waals surface area contributed by atoms with E-state index in [0.29, 0.717) is 25.2 Å². The number of carbonyl (C=O) groups is 2. The summed E-state index contributed by atoms with van der Waals surface area (Å²) in [6, 6.07) is -0.625. The number of amides is 1. The van der Waals surface area contributed by atoms with E-state index >= 15 is 0 Å². The molecule has 1 saturated carbocycles. The Bertz CT molecular complexity index is 321. The van der Waals surface area contributed by atoms with Crippen LogP contribution >= 0.6 is 0 Å². The van der Waals surface area contributed by atoms with E-state index in [1.165, 1.54) is 0 Å². The van der Waals surface area contributed by atoms with Crippen LogP contribution in [0.15, 0.2) is 0 Å². The van der Waals surface area contributed by atoms with Gasteiger partial charge in [0, 0.05) is 0 Å². The molecular formula is C14H26N2O3. The highest BCUT2D eigenvalue weighted by molar-refractivity contribution is 5.89. The average Bonchev–Trinajstić information content (AvgIpc) is 2.54. The number of nitrogens with one attached hydrogen (secondary N) is 1. The fourth-order valence-corrected chi connectivity index (χ4v) is 2.67. The minimum absolute atomic E-state index is 0.315. The number of hydrogen-bond donors (Lipinski definition) is 3. The van der Waals surface area contributed by atoms with Crippen molar-refractivity contribution < 1.29 is 14.7 Å². The van der Waals surface area contributed by atoms with E-state index in [1.807, 2.05) is 13.8 Å². The summed E-state index contributed by atoms with van der Waals surface area (Å²) in [4.78, 5) is 23.6. The molecule has 0 aromatic rings. The maximum Gasteiger partial charge on any atom is 0.329 e. The maximum atomic E-state index is 12.1. The predicted octanol–water partition coefficient (Wildman–Crippen LogP) is 1.65. The second kappa shape index (κ2) is 6.89. The molecule has 1 fully saturated rings. The van der Waals surface area contributed by atoms with Crippen molar-refractivity contribution in [2.45, 2.75) is 70.4 Å². The quantitative estimate of drug-likeness (QED) is 0.662. The van der Waals surface area contributed by atoms with Crippen LogP contribution in [-0.4, -0.2) is 28.6 Å². The molecule has 19 heavy (non-hydrogen) atoms. The first-order chi connectivity index (χ1) is 8.87. The van der Waals surface area contributed by atoms with Gasteiger partial charge in [-0.25, -0.2) is 4.79 Å². The summed E-state index contributed by atoms with van der Waals surface area (Å²) in [6.45, 7) is 3.98. The number of nitrogens with two attached hydrogens (primary N) is 1. The van der Waals surface area contributed by atoms with Crippen LogP contribution in [0.1, 0.15) is 58.8 Å². The molecule has 0 saturated heterocycles. The van der Waals surface area contributed by atoms with E-state index < -0.39 is 17.6 Å². The van der Waals surface area contributed by atoms with Crippen LogP contribution in [0.2, 0.25) is 0 Å². The highest BCUT2D eigenvalue weighted by atomic mass is 16.4. The van der Waals surface area contributed by atoms with Crippen LogP contribution in [0.5, 0.6) is 0 Å². The molecule has 1 aliphatic carbocycles. The van der Waals surface area contributed by atoms with E-state index in [0.717, 1.165) is 25.7 Å². The first-order valence-electron chi connectivity index (χ1n) is 7.18. The van der Waals surface area contributed by atoms with Crippen LogP contribution in [-0.2, 0) is 9.59 Å². The molecule has 0 spiro atoms. The molecule has 0 heterocycles. The van der Waals surface area contributed by atoms with Crippen LogP contribution in [0.25, 0.3) is 0 Å². The van der Waals surface area contributed by atoms with Gasteiger partial charge in [-0.3, -0.25) is 4.79 Å². The smallest absolute Gasteiger partial charge is 0.329 e. The number of carbonyl (C=O) groups excluding carboxylic acids is 1. The Morgan fingerprint density at radius 2 is 1.74 bits per heavy atom. The highest BCUT2D eigenvalue weighted by Gasteiger charge is 2.40. The van der Waals surface area contributed by atoms with Gasteiger partial charge in [-0.15, -0.1) is 0 Å². The van der Waals surface area contributed by atoms with E-state index in [9.17, 15) is 14.7 Å². The largest absolute Gasteiger partial charge is 0.480 e. The van der Waals surface area contributed by atoms with Crippen molar-refractivity contribution in [1.29, 1.82) is 0 Å². The topological polar surface area (TPSA) is 92.4 Å². The minimum atomic E-state index is -1.11. The van der Waals surface area contributed by atoms with Gasteiger partial charge in [0.15, 0.2) is 0 Å². The zero-order valence-electron chi connectivity index (χ0n) is 11.9. The molecule has 0 radical (unpaired) electrons. The molecular weight excluding hydrogens is 244 g/mol. The second-order valence-corrected chi connectivity index (χ2v) is 6.03. The third kappa shape index (κ3) is 4.49. The normalized spacial score (nSPS) is 20.6. The van der Waals surface area contributed by atoms with Gasteiger partial charge >= 0.3 is 5.97 Å². The predicted molar refractivity (Wildman–Crippen MR) is 73.6 cm³/mol. The van der Waals surface area contributed by atoms with Crippen molar-refractivity contribution in [2.24, 2.45) is 11.7 Å². The number of carboxylic acids is 1. The number of rotatable bonds is 5. The molecule has 1 amide bonds. The molecule has 0 aromatic carbocycles. The van der Waals surface area contributed by atoms with Crippen LogP contribution in [0.3, 0.4) is 0 Å². The fourth-order valence-electron chi connectivity index (χ4n) is 2.67. The van der Waals surface area contributed by atoms with Crippen LogP contribution < -0.4 is 11.1 Å². The van der Waals surface area contributed by atoms with Crippen molar-refractivity contribution in [2.75, 3.05) is 0 Å². The second-order valence-electron chi connectivity index (χ2n) is 6.03. The van der Waals surface area contributed by atoms with Crippen molar-refractivity contribution in [3.8, 4) is 0 Å².